The molecule has 3 nitrogen and oxygen atoms in total. The molecule has 0 aliphatic carbocycles. The number of likely N-dealkylation sites (tertiary alicyclic amines) is 1. The van der Waals surface area contributed by atoms with E-state index in [0.717, 1.165) is 30.4 Å². The molecule has 0 unspecified atom stereocenters. The van der Waals surface area contributed by atoms with Crippen LogP contribution < -0.4 is 4.74 Å². The van der Waals surface area contributed by atoms with E-state index < -0.39 is 0 Å². The van der Waals surface area contributed by atoms with Gasteiger partial charge in [0, 0.05) is 17.6 Å². The molecule has 104 valence electrons. The number of hydrogen-bond donors (Lipinski definition) is 0. The molecule has 1 aromatic carbocycles. The number of ether oxygens (including phenoxy) is 1. The van der Waals surface area contributed by atoms with Crippen molar-refractivity contribution in [3.63, 3.8) is 0 Å². The van der Waals surface area contributed by atoms with E-state index in [4.69, 9.17) is 4.74 Å². The normalized spacial score (nSPS) is 18.2. The minimum atomic E-state index is 0.0554. The highest BCUT2D eigenvalue weighted by molar-refractivity contribution is 9.10. The number of carbonyl (C=O) groups is 1. The first kappa shape index (κ1) is 14.4. The van der Waals surface area contributed by atoms with Gasteiger partial charge in [0.25, 0.3) is 5.91 Å². The number of methoxy groups -OCH3 is 1. The average Bonchev–Trinajstić information content (AvgIpc) is 2.37. The first-order valence-corrected chi connectivity index (χ1v) is 7.36. The third kappa shape index (κ3) is 3.11. The highest BCUT2D eigenvalue weighted by Crippen LogP contribution is 2.33. The van der Waals surface area contributed by atoms with Gasteiger partial charge in [-0.1, -0.05) is 19.9 Å². The topological polar surface area (TPSA) is 29.5 Å². The first-order chi connectivity index (χ1) is 8.94. The zero-order chi connectivity index (χ0) is 14.0. The van der Waals surface area contributed by atoms with Crippen LogP contribution in [0.3, 0.4) is 0 Å². The Labute approximate surface area is 123 Å². The number of benzene rings is 1. The van der Waals surface area contributed by atoms with Crippen LogP contribution in [0.2, 0.25) is 0 Å². The second-order valence-corrected chi connectivity index (χ2v) is 6.63. The zero-order valence-corrected chi connectivity index (χ0v) is 13.3. The number of rotatable bonds is 2. The van der Waals surface area contributed by atoms with E-state index in [1.807, 2.05) is 23.1 Å². The number of hydrogen-bond acceptors (Lipinski definition) is 2. The summed E-state index contributed by atoms with van der Waals surface area (Å²) in [6, 6.07) is 5.58. The van der Waals surface area contributed by atoms with Crippen LogP contribution >= 0.6 is 15.9 Å². The van der Waals surface area contributed by atoms with Crippen molar-refractivity contribution in [2.24, 2.45) is 5.41 Å². The lowest BCUT2D eigenvalue weighted by atomic mass is 9.82. The zero-order valence-electron chi connectivity index (χ0n) is 11.7. The Morgan fingerprint density at radius 1 is 1.32 bits per heavy atom. The van der Waals surface area contributed by atoms with Gasteiger partial charge in [-0.15, -0.1) is 0 Å². The molecular formula is C15H20BrNO2. The van der Waals surface area contributed by atoms with Crippen LogP contribution in [0.5, 0.6) is 5.75 Å². The second kappa shape index (κ2) is 5.53. The van der Waals surface area contributed by atoms with Crippen molar-refractivity contribution < 1.29 is 9.53 Å². The van der Waals surface area contributed by atoms with Crippen LogP contribution in [0, 0.1) is 5.41 Å². The fourth-order valence-electron chi connectivity index (χ4n) is 2.36. The quantitative estimate of drug-likeness (QED) is 0.829. The Bertz CT molecular complexity index is 475. The molecule has 1 amide bonds. The van der Waals surface area contributed by atoms with E-state index in [2.05, 4.69) is 29.8 Å². The number of halogens is 1. The Balaban J connectivity index is 2.21. The fourth-order valence-corrected chi connectivity index (χ4v) is 2.87. The maximum absolute atomic E-state index is 12.6. The molecule has 0 radical (unpaired) electrons. The lowest BCUT2D eigenvalue weighted by molar-refractivity contribution is 0.0626. The third-order valence-electron chi connectivity index (χ3n) is 3.81. The summed E-state index contributed by atoms with van der Waals surface area (Å²) in [6.07, 6.45) is 2.09. The van der Waals surface area contributed by atoms with E-state index >= 15 is 0 Å². The van der Waals surface area contributed by atoms with Crippen molar-refractivity contribution in [3.8, 4) is 5.75 Å². The van der Waals surface area contributed by atoms with Crippen LogP contribution in [-0.2, 0) is 0 Å². The van der Waals surface area contributed by atoms with Gasteiger partial charge in [-0.3, -0.25) is 4.79 Å². The molecule has 0 N–H and O–H groups in total. The molecule has 1 aliphatic rings. The molecule has 0 saturated carbocycles. The molecule has 19 heavy (non-hydrogen) atoms. The summed E-state index contributed by atoms with van der Waals surface area (Å²) in [7, 11) is 1.60. The molecule has 4 heteroatoms. The van der Waals surface area contributed by atoms with Crippen molar-refractivity contribution in [2.45, 2.75) is 26.7 Å². The Kier molecular flexibility index (Phi) is 4.19. The second-order valence-electron chi connectivity index (χ2n) is 5.77. The minimum Gasteiger partial charge on any atom is -0.496 e. The van der Waals surface area contributed by atoms with Crippen molar-refractivity contribution in [2.75, 3.05) is 20.2 Å². The van der Waals surface area contributed by atoms with Gasteiger partial charge in [0.05, 0.1) is 12.7 Å². The summed E-state index contributed by atoms with van der Waals surface area (Å²) >= 11 is 3.45. The molecule has 1 aliphatic heterocycles. The molecule has 0 atom stereocenters. The minimum absolute atomic E-state index is 0.0554. The van der Waals surface area contributed by atoms with Crippen LogP contribution in [0.15, 0.2) is 22.7 Å². The monoisotopic (exact) mass is 325 g/mol. The summed E-state index contributed by atoms with van der Waals surface area (Å²) in [6.45, 7) is 6.15. The summed E-state index contributed by atoms with van der Waals surface area (Å²) in [5.41, 5.74) is 0.971. The molecule has 1 heterocycles. The Hall–Kier alpha value is -1.03. The van der Waals surface area contributed by atoms with E-state index in [1.54, 1.807) is 7.11 Å². The van der Waals surface area contributed by atoms with Gasteiger partial charge in [-0.2, -0.15) is 0 Å². The standard InChI is InChI=1S/C15H20BrNO2/c1-15(2)7-9-17(10-8-15)14(18)13-11(16)5-4-6-12(13)19-3/h4-6H,7-10H2,1-3H3. The van der Waals surface area contributed by atoms with E-state index in [9.17, 15) is 4.79 Å². The van der Waals surface area contributed by atoms with Crippen molar-refractivity contribution >= 4 is 21.8 Å². The maximum atomic E-state index is 12.6. The van der Waals surface area contributed by atoms with Crippen molar-refractivity contribution in [3.05, 3.63) is 28.2 Å². The number of piperidine rings is 1. The SMILES string of the molecule is COc1cccc(Br)c1C(=O)N1CCC(C)(C)CC1. The Morgan fingerprint density at radius 3 is 2.53 bits per heavy atom. The van der Waals surface area contributed by atoms with E-state index in [0.29, 0.717) is 16.7 Å². The van der Waals surface area contributed by atoms with E-state index in [-0.39, 0.29) is 5.91 Å². The molecule has 2 rings (SSSR count). The summed E-state index contributed by atoms with van der Waals surface area (Å²) in [5, 5.41) is 0. The first-order valence-electron chi connectivity index (χ1n) is 6.56. The molecule has 1 fully saturated rings. The summed E-state index contributed by atoms with van der Waals surface area (Å²) < 4.78 is 6.09. The van der Waals surface area contributed by atoms with Crippen molar-refractivity contribution in [1.29, 1.82) is 0 Å². The molecule has 1 aromatic rings. The van der Waals surface area contributed by atoms with Gasteiger partial charge < -0.3 is 9.64 Å². The van der Waals surface area contributed by atoms with Gasteiger partial charge in [0.15, 0.2) is 0 Å². The van der Waals surface area contributed by atoms with Gasteiger partial charge in [-0.05, 0) is 46.3 Å². The van der Waals surface area contributed by atoms with Gasteiger partial charge >= 0.3 is 0 Å². The third-order valence-corrected chi connectivity index (χ3v) is 4.47. The molecular weight excluding hydrogens is 306 g/mol. The number of amides is 1. The molecule has 0 bridgehead atoms. The predicted molar refractivity (Wildman–Crippen MR) is 79.6 cm³/mol. The van der Waals surface area contributed by atoms with Crippen LogP contribution in [-0.4, -0.2) is 31.0 Å². The predicted octanol–water partition coefficient (Wildman–Crippen LogP) is 3.72. The summed E-state index contributed by atoms with van der Waals surface area (Å²) in [5.74, 6) is 0.684. The van der Waals surface area contributed by atoms with Crippen molar-refractivity contribution in [1.82, 2.24) is 4.90 Å². The average molecular weight is 326 g/mol. The van der Waals surface area contributed by atoms with Crippen LogP contribution in [0.4, 0.5) is 0 Å². The highest BCUT2D eigenvalue weighted by Gasteiger charge is 2.30. The van der Waals surface area contributed by atoms with Crippen LogP contribution in [0.25, 0.3) is 0 Å². The maximum Gasteiger partial charge on any atom is 0.258 e. The highest BCUT2D eigenvalue weighted by atomic mass is 79.9. The van der Waals surface area contributed by atoms with Crippen LogP contribution in [0.1, 0.15) is 37.0 Å². The lowest BCUT2D eigenvalue weighted by Crippen LogP contribution is -2.41. The molecule has 0 aromatic heterocycles. The smallest absolute Gasteiger partial charge is 0.258 e. The van der Waals surface area contributed by atoms with Gasteiger partial charge in [0.2, 0.25) is 0 Å². The summed E-state index contributed by atoms with van der Waals surface area (Å²) in [4.78, 5) is 14.6. The molecule has 1 saturated heterocycles. The largest absolute Gasteiger partial charge is 0.496 e. The van der Waals surface area contributed by atoms with Gasteiger partial charge in [0.1, 0.15) is 5.75 Å². The molecule has 0 spiro atoms. The number of nitrogens with zero attached hydrogens (tertiary/aromatic N) is 1. The lowest BCUT2D eigenvalue weighted by Gasteiger charge is -2.37. The Morgan fingerprint density at radius 2 is 1.95 bits per heavy atom. The van der Waals surface area contributed by atoms with Gasteiger partial charge in [-0.25, -0.2) is 0 Å². The fraction of sp³-hybridized carbons (Fsp3) is 0.533. The van der Waals surface area contributed by atoms with E-state index in [1.165, 1.54) is 0 Å². The number of carbonyl (C=O) groups excluding carboxylic acids is 1.